The summed E-state index contributed by atoms with van der Waals surface area (Å²) in [4.78, 5) is 67.6. The standard InChI is InChI=1S/C27H21N3O7/c1-2-37-25(33)27-21(17-13-15-20(16-14-17)30(35)36)22(23(31)18-9-5-3-6-10-18)29(27)26(34)28(24(27)32)19-11-7-4-8-12-19/h3-16,21-22H,2H2,1H3/t21-,22+,27+/m1/s1. The molecule has 10 heteroatoms. The van der Waals surface area contributed by atoms with Crippen LogP contribution >= 0.6 is 0 Å². The number of nitrogens with zero attached hydrogens (tertiary/aromatic N) is 3. The monoisotopic (exact) mass is 499 g/mol. The SMILES string of the molecule is CCOC(=O)[C@]12C(=O)N(c3ccccc3)C(=O)N1[C@H](C(=O)c1ccccc1)[C@H]2c1ccc([N+](=O)[O-])cc1. The van der Waals surface area contributed by atoms with Gasteiger partial charge in [-0.15, -0.1) is 0 Å². The quantitative estimate of drug-likeness (QED) is 0.121. The Morgan fingerprint density at radius 3 is 2.11 bits per heavy atom. The lowest BCUT2D eigenvalue weighted by Crippen LogP contribution is -2.77. The third-order valence-electron chi connectivity index (χ3n) is 6.74. The van der Waals surface area contributed by atoms with Crippen LogP contribution in [0.15, 0.2) is 84.9 Å². The Balaban J connectivity index is 1.71. The summed E-state index contributed by atoms with van der Waals surface area (Å²) in [5.74, 6) is -3.42. The molecule has 5 rings (SSSR count). The normalized spacial score (nSPS) is 22.3. The van der Waals surface area contributed by atoms with E-state index in [-0.39, 0.29) is 23.5 Å². The van der Waals surface area contributed by atoms with E-state index in [2.05, 4.69) is 0 Å². The van der Waals surface area contributed by atoms with Gasteiger partial charge < -0.3 is 4.74 Å². The van der Waals surface area contributed by atoms with E-state index >= 15 is 0 Å². The van der Waals surface area contributed by atoms with Gasteiger partial charge in [0.1, 0.15) is 6.04 Å². The van der Waals surface area contributed by atoms with Crippen LogP contribution in [0.3, 0.4) is 0 Å². The largest absolute Gasteiger partial charge is 0.464 e. The average Bonchev–Trinajstić information content (AvgIpc) is 3.08. The highest BCUT2D eigenvalue weighted by atomic mass is 16.6. The third kappa shape index (κ3) is 3.40. The van der Waals surface area contributed by atoms with Gasteiger partial charge in [0.15, 0.2) is 5.78 Å². The van der Waals surface area contributed by atoms with E-state index in [4.69, 9.17) is 4.74 Å². The second kappa shape index (κ2) is 8.98. The van der Waals surface area contributed by atoms with E-state index in [0.717, 1.165) is 9.80 Å². The molecule has 0 spiro atoms. The number of ketones is 1. The average molecular weight is 499 g/mol. The van der Waals surface area contributed by atoms with Gasteiger partial charge in [-0.05, 0) is 24.6 Å². The number of non-ortho nitro benzene ring substituents is 1. The number of carbonyl (C=O) groups is 4. The second-order valence-corrected chi connectivity index (χ2v) is 8.62. The zero-order valence-corrected chi connectivity index (χ0v) is 19.6. The molecule has 0 saturated carbocycles. The zero-order valence-electron chi connectivity index (χ0n) is 19.6. The molecule has 37 heavy (non-hydrogen) atoms. The molecule has 2 aliphatic heterocycles. The van der Waals surface area contributed by atoms with Crippen LogP contribution in [0.1, 0.15) is 28.8 Å². The summed E-state index contributed by atoms with van der Waals surface area (Å²) >= 11 is 0. The Kier molecular flexibility index (Phi) is 5.79. The minimum absolute atomic E-state index is 0.0640. The summed E-state index contributed by atoms with van der Waals surface area (Å²) in [5.41, 5.74) is -1.50. The fraction of sp³-hybridized carbons (Fsp3) is 0.185. The molecule has 2 heterocycles. The Morgan fingerprint density at radius 2 is 1.54 bits per heavy atom. The number of esters is 1. The van der Waals surface area contributed by atoms with Crippen LogP contribution in [0.2, 0.25) is 0 Å². The van der Waals surface area contributed by atoms with Crippen molar-refractivity contribution in [1.29, 1.82) is 0 Å². The number of ether oxygens (including phenoxy) is 1. The number of hydrogen-bond donors (Lipinski definition) is 0. The summed E-state index contributed by atoms with van der Waals surface area (Å²) in [6, 6.07) is 19.5. The van der Waals surface area contributed by atoms with Crippen LogP contribution in [0.5, 0.6) is 0 Å². The van der Waals surface area contributed by atoms with Crippen molar-refractivity contribution >= 4 is 35.1 Å². The first-order valence-corrected chi connectivity index (χ1v) is 11.6. The number of benzene rings is 3. The van der Waals surface area contributed by atoms with Crippen LogP contribution in [0, 0.1) is 10.1 Å². The van der Waals surface area contributed by atoms with Crippen molar-refractivity contribution in [3.63, 3.8) is 0 Å². The first-order chi connectivity index (χ1) is 17.8. The molecule has 0 N–H and O–H groups in total. The molecular formula is C27H21N3O7. The summed E-state index contributed by atoms with van der Waals surface area (Å²) < 4.78 is 5.30. The lowest BCUT2D eigenvalue weighted by molar-refractivity contribution is -0.384. The van der Waals surface area contributed by atoms with Gasteiger partial charge in [-0.25, -0.2) is 14.5 Å². The number of Topliss-reactive ketones (excluding diaryl/α,β-unsaturated/α-hetero) is 1. The summed E-state index contributed by atoms with van der Waals surface area (Å²) in [6.07, 6.45) is 0. The number of para-hydroxylation sites is 1. The molecule has 3 aromatic carbocycles. The van der Waals surface area contributed by atoms with E-state index in [1.165, 1.54) is 24.3 Å². The lowest BCUT2D eigenvalue weighted by atomic mass is 9.63. The molecule has 3 atom stereocenters. The van der Waals surface area contributed by atoms with E-state index in [1.807, 2.05) is 0 Å². The van der Waals surface area contributed by atoms with Crippen LogP contribution < -0.4 is 4.90 Å². The van der Waals surface area contributed by atoms with E-state index in [9.17, 15) is 29.3 Å². The molecule has 0 aromatic heterocycles. The molecule has 0 bridgehead atoms. The predicted molar refractivity (Wildman–Crippen MR) is 131 cm³/mol. The number of carbonyl (C=O) groups excluding carboxylic acids is 4. The highest BCUT2D eigenvalue weighted by molar-refractivity contribution is 6.34. The minimum Gasteiger partial charge on any atom is -0.464 e. The van der Waals surface area contributed by atoms with Crippen molar-refractivity contribution in [2.45, 2.75) is 24.4 Å². The highest BCUT2D eigenvalue weighted by Gasteiger charge is 2.79. The summed E-state index contributed by atoms with van der Waals surface area (Å²) in [6.45, 7) is 1.51. The fourth-order valence-corrected chi connectivity index (χ4v) is 5.16. The number of anilines is 1. The van der Waals surface area contributed by atoms with Gasteiger partial charge >= 0.3 is 12.0 Å². The van der Waals surface area contributed by atoms with E-state index in [0.29, 0.717) is 5.56 Å². The number of nitro groups is 1. The molecule has 2 aliphatic rings. The number of imide groups is 1. The second-order valence-electron chi connectivity index (χ2n) is 8.62. The molecular weight excluding hydrogens is 478 g/mol. The maximum atomic E-state index is 14.0. The van der Waals surface area contributed by atoms with Crippen molar-refractivity contribution < 1.29 is 28.8 Å². The topological polar surface area (TPSA) is 127 Å². The molecule has 186 valence electrons. The fourth-order valence-electron chi connectivity index (χ4n) is 5.16. The first kappa shape index (κ1) is 23.9. The number of hydrogen-bond acceptors (Lipinski definition) is 7. The highest BCUT2D eigenvalue weighted by Crippen LogP contribution is 2.56. The first-order valence-electron chi connectivity index (χ1n) is 11.6. The zero-order chi connectivity index (χ0) is 26.3. The number of urea groups is 1. The number of amides is 3. The van der Waals surface area contributed by atoms with Gasteiger partial charge in [0.25, 0.3) is 11.6 Å². The summed E-state index contributed by atoms with van der Waals surface area (Å²) in [7, 11) is 0. The van der Waals surface area contributed by atoms with E-state index < -0.39 is 46.1 Å². The molecule has 0 unspecified atom stereocenters. The van der Waals surface area contributed by atoms with Gasteiger partial charge in [-0.1, -0.05) is 60.7 Å². The maximum absolute atomic E-state index is 14.0. The van der Waals surface area contributed by atoms with Gasteiger partial charge in [-0.3, -0.25) is 24.6 Å². The van der Waals surface area contributed by atoms with Crippen molar-refractivity contribution in [3.8, 4) is 0 Å². The van der Waals surface area contributed by atoms with Crippen molar-refractivity contribution in [2.24, 2.45) is 0 Å². The molecule has 2 fully saturated rings. The minimum atomic E-state index is -2.14. The summed E-state index contributed by atoms with van der Waals surface area (Å²) in [5, 5.41) is 11.2. The molecule has 3 aromatic rings. The molecule has 3 amide bonds. The Labute approximate surface area is 211 Å². The number of fused-ring (bicyclic) bond motifs is 1. The van der Waals surface area contributed by atoms with Gasteiger partial charge in [-0.2, -0.15) is 0 Å². The van der Waals surface area contributed by atoms with Gasteiger partial charge in [0.2, 0.25) is 5.54 Å². The van der Waals surface area contributed by atoms with Crippen molar-refractivity contribution in [1.82, 2.24) is 4.90 Å². The number of nitro benzene ring substituents is 1. The molecule has 0 aliphatic carbocycles. The molecule has 2 saturated heterocycles. The third-order valence-corrected chi connectivity index (χ3v) is 6.74. The lowest BCUT2D eigenvalue weighted by Gasteiger charge is -2.55. The van der Waals surface area contributed by atoms with Gasteiger partial charge in [0, 0.05) is 17.7 Å². The van der Waals surface area contributed by atoms with E-state index in [1.54, 1.807) is 67.6 Å². The molecule has 0 radical (unpaired) electrons. The van der Waals surface area contributed by atoms with Crippen molar-refractivity contribution in [2.75, 3.05) is 11.5 Å². The Bertz CT molecular complexity index is 1410. The van der Waals surface area contributed by atoms with Crippen LogP contribution in [0.25, 0.3) is 0 Å². The Morgan fingerprint density at radius 1 is 0.946 bits per heavy atom. The van der Waals surface area contributed by atoms with Crippen LogP contribution in [-0.2, 0) is 14.3 Å². The van der Waals surface area contributed by atoms with Crippen LogP contribution in [0.4, 0.5) is 16.2 Å². The predicted octanol–water partition coefficient (Wildman–Crippen LogP) is 3.71. The number of rotatable bonds is 7. The van der Waals surface area contributed by atoms with Gasteiger partial charge in [0.05, 0.1) is 23.1 Å². The van der Waals surface area contributed by atoms with Crippen molar-refractivity contribution in [3.05, 3.63) is 106 Å². The molecule has 10 nitrogen and oxygen atoms in total. The Hall–Kier alpha value is -4.86. The smallest absolute Gasteiger partial charge is 0.342 e. The van der Waals surface area contributed by atoms with Crippen LogP contribution in [-0.4, -0.2) is 51.7 Å². The maximum Gasteiger partial charge on any atom is 0.342 e.